The standard InChI is InChI=1S/C28H26FNO3/c1-15-12-17(6-8-19(15)29)13-23-25-18(26-22(33-23)11-10-21(31)27(26)32-5)7-9-20-24(25)16(2)14-28(3,4)30-20/h6-14,30-31H,1-5H3/b23-13-. The first-order chi connectivity index (χ1) is 15.7. The number of fused-ring (bicyclic) bond motifs is 5. The Kier molecular flexibility index (Phi) is 4.74. The molecule has 2 aliphatic rings. The monoisotopic (exact) mass is 443 g/mol. The first-order valence-corrected chi connectivity index (χ1v) is 10.9. The minimum atomic E-state index is -0.241. The third kappa shape index (κ3) is 3.44. The van der Waals surface area contributed by atoms with Crippen molar-refractivity contribution >= 4 is 23.1 Å². The van der Waals surface area contributed by atoms with Crippen molar-refractivity contribution in [2.45, 2.75) is 33.2 Å². The summed E-state index contributed by atoms with van der Waals surface area (Å²) in [7, 11) is 1.54. The van der Waals surface area contributed by atoms with Crippen molar-refractivity contribution in [3.63, 3.8) is 0 Å². The lowest BCUT2D eigenvalue weighted by molar-refractivity contribution is 0.371. The second kappa shape index (κ2) is 7.41. The number of nitrogens with one attached hydrogen (secondary N) is 1. The van der Waals surface area contributed by atoms with Gasteiger partial charge in [-0.3, -0.25) is 0 Å². The molecule has 5 heteroatoms. The van der Waals surface area contributed by atoms with Crippen molar-refractivity contribution in [1.82, 2.24) is 0 Å². The number of ether oxygens (including phenoxy) is 2. The van der Waals surface area contributed by atoms with Gasteiger partial charge in [0.1, 0.15) is 17.3 Å². The third-order valence-electron chi connectivity index (χ3n) is 6.15. The van der Waals surface area contributed by atoms with Gasteiger partial charge in [0.05, 0.1) is 18.2 Å². The lowest BCUT2D eigenvalue weighted by atomic mass is 9.82. The highest BCUT2D eigenvalue weighted by molar-refractivity contribution is 6.02. The van der Waals surface area contributed by atoms with E-state index in [9.17, 15) is 9.50 Å². The number of benzene rings is 3. The van der Waals surface area contributed by atoms with Crippen molar-refractivity contribution in [1.29, 1.82) is 0 Å². The first kappa shape index (κ1) is 21.1. The summed E-state index contributed by atoms with van der Waals surface area (Å²) in [5, 5.41) is 14.0. The minimum Gasteiger partial charge on any atom is -0.504 e. The van der Waals surface area contributed by atoms with Gasteiger partial charge in [0.15, 0.2) is 11.5 Å². The zero-order valence-corrected chi connectivity index (χ0v) is 19.3. The van der Waals surface area contributed by atoms with Crippen LogP contribution in [0.1, 0.15) is 43.0 Å². The zero-order chi connectivity index (χ0) is 23.5. The van der Waals surface area contributed by atoms with Crippen molar-refractivity contribution in [2.75, 3.05) is 12.4 Å². The van der Waals surface area contributed by atoms with Gasteiger partial charge < -0.3 is 19.9 Å². The van der Waals surface area contributed by atoms with Crippen LogP contribution in [0.3, 0.4) is 0 Å². The van der Waals surface area contributed by atoms with Gasteiger partial charge in [0.2, 0.25) is 0 Å². The molecule has 4 nitrogen and oxygen atoms in total. The summed E-state index contributed by atoms with van der Waals surface area (Å²) < 4.78 is 25.9. The zero-order valence-electron chi connectivity index (χ0n) is 19.3. The molecule has 0 aliphatic carbocycles. The highest BCUT2D eigenvalue weighted by atomic mass is 19.1. The summed E-state index contributed by atoms with van der Waals surface area (Å²) in [5.74, 6) is 1.43. The second-order valence-corrected chi connectivity index (χ2v) is 9.20. The Morgan fingerprint density at radius 1 is 1.03 bits per heavy atom. The van der Waals surface area contributed by atoms with Gasteiger partial charge in [-0.15, -0.1) is 0 Å². The van der Waals surface area contributed by atoms with Crippen LogP contribution in [0.4, 0.5) is 10.1 Å². The van der Waals surface area contributed by atoms with Crippen molar-refractivity contribution < 1.29 is 19.0 Å². The molecule has 0 saturated heterocycles. The van der Waals surface area contributed by atoms with Gasteiger partial charge >= 0.3 is 0 Å². The first-order valence-electron chi connectivity index (χ1n) is 10.9. The molecule has 0 radical (unpaired) electrons. The van der Waals surface area contributed by atoms with Gasteiger partial charge in [-0.1, -0.05) is 18.2 Å². The minimum absolute atomic E-state index is 0.0524. The molecule has 3 aromatic carbocycles. The molecular formula is C28H26FNO3. The van der Waals surface area contributed by atoms with E-state index in [1.165, 1.54) is 13.2 Å². The maximum Gasteiger partial charge on any atom is 0.172 e. The molecule has 168 valence electrons. The molecule has 0 atom stereocenters. The Hall–Kier alpha value is -3.73. The van der Waals surface area contributed by atoms with Crippen molar-refractivity contribution in [3.05, 3.63) is 76.6 Å². The summed E-state index contributed by atoms with van der Waals surface area (Å²) in [5.41, 5.74) is 6.91. The maximum absolute atomic E-state index is 13.9. The fourth-order valence-electron chi connectivity index (χ4n) is 4.86. The number of phenolic OH excluding ortho intramolecular Hbond substituents is 1. The SMILES string of the molecule is COc1c(O)ccc2c1-c1ccc3c(c1/C(=C/c1ccc(F)c(C)c1)O2)C(C)=CC(C)(C)N3. The largest absolute Gasteiger partial charge is 0.504 e. The number of phenols is 1. The smallest absolute Gasteiger partial charge is 0.172 e. The van der Waals surface area contributed by atoms with E-state index >= 15 is 0 Å². The Morgan fingerprint density at radius 3 is 2.55 bits per heavy atom. The van der Waals surface area contributed by atoms with Gasteiger partial charge in [-0.05, 0) is 80.8 Å². The van der Waals surface area contributed by atoms with E-state index in [1.54, 1.807) is 31.2 Å². The predicted octanol–water partition coefficient (Wildman–Crippen LogP) is 7.01. The Bertz CT molecular complexity index is 1370. The Labute approximate surface area is 193 Å². The van der Waals surface area contributed by atoms with E-state index in [4.69, 9.17) is 9.47 Å². The number of methoxy groups -OCH3 is 1. The number of rotatable bonds is 2. The number of aryl methyl sites for hydroxylation is 1. The molecule has 3 aromatic rings. The summed E-state index contributed by atoms with van der Waals surface area (Å²) >= 11 is 0. The molecule has 33 heavy (non-hydrogen) atoms. The second-order valence-electron chi connectivity index (χ2n) is 9.20. The quantitative estimate of drug-likeness (QED) is 0.447. The number of halogens is 1. The van der Waals surface area contributed by atoms with E-state index in [2.05, 4.69) is 38.2 Å². The summed E-state index contributed by atoms with van der Waals surface area (Å²) in [6.07, 6.45) is 4.13. The van der Waals surface area contributed by atoms with E-state index < -0.39 is 0 Å². The average Bonchev–Trinajstić information content (AvgIpc) is 2.75. The third-order valence-corrected chi connectivity index (χ3v) is 6.15. The average molecular weight is 444 g/mol. The highest BCUT2D eigenvalue weighted by Crippen LogP contribution is 2.54. The van der Waals surface area contributed by atoms with Gasteiger partial charge in [-0.2, -0.15) is 0 Å². The van der Waals surface area contributed by atoms with E-state index in [-0.39, 0.29) is 17.1 Å². The van der Waals surface area contributed by atoms with Gasteiger partial charge in [0.25, 0.3) is 0 Å². The fourth-order valence-corrected chi connectivity index (χ4v) is 4.86. The highest BCUT2D eigenvalue weighted by Gasteiger charge is 2.33. The fraction of sp³-hybridized carbons (Fsp3) is 0.214. The molecule has 0 amide bonds. The Balaban J connectivity index is 1.83. The van der Waals surface area contributed by atoms with Crippen LogP contribution in [0.15, 0.2) is 48.5 Å². The van der Waals surface area contributed by atoms with Crippen LogP contribution in [0.25, 0.3) is 28.5 Å². The van der Waals surface area contributed by atoms with Crippen LogP contribution in [0, 0.1) is 12.7 Å². The topological polar surface area (TPSA) is 50.7 Å². The predicted molar refractivity (Wildman–Crippen MR) is 131 cm³/mol. The lowest BCUT2D eigenvalue weighted by Crippen LogP contribution is -2.32. The van der Waals surface area contributed by atoms with Crippen LogP contribution in [0.2, 0.25) is 0 Å². The van der Waals surface area contributed by atoms with Crippen molar-refractivity contribution in [2.24, 2.45) is 0 Å². The Morgan fingerprint density at radius 2 is 1.82 bits per heavy atom. The van der Waals surface area contributed by atoms with Crippen LogP contribution in [-0.4, -0.2) is 17.8 Å². The molecular weight excluding hydrogens is 417 g/mol. The van der Waals surface area contributed by atoms with Crippen LogP contribution >= 0.6 is 0 Å². The molecule has 0 spiro atoms. The van der Waals surface area contributed by atoms with Crippen LogP contribution in [0.5, 0.6) is 17.2 Å². The molecule has 2 aliphatic heterocycles. The van der Waals surface area contributed by atoms with Crippen LogP contribution in [-0.2, 0) is 0 Å². The van der Waals surface area contributed by atoms with Gasteiger partial charge in [-0.25, -0.2) is 4.39 Å². The molecule has 0 aromatic heterocycles. The number of hydrogen-bond donors (Lipinski definition) is 2. The van der Waals surface area contributed by atoms with E-state index in [0.29, 0.717) is 28.4 Å². The summed E-state index contributed by atoms with van der Waals surface area (Å²) in [4.78, 5) is 0. The number of allylic oxidation sites excluding steroid dienone is 1. The van der Waals surface area contributed by atoms with Gasteiger partial charge in [0, 0.05) is 22.4 Å². The molecule has 0 fully saturated rings. The number of aromatic hydroxyl groups is 1. The van der Waals surface area contributed by atoms with E-state index in [0.717, 1.165) is 33.5 Å². The molecule has 0 unspecified atom stereocenters. The molecule has 0 bridgehead atoms. The maximum atomic E-state index is 13.9. The number of anilines is 1. The summed E-state index contributed by atoms with van der Waals surface area (Å²) in [6.45, 7) is 8.10. The molecule has 0 saturated carbocycles. The normalized spacial score (nSPS) is 16.7. The van der Waals surface area contributed by atoms with Crippen molar-refractivity contribution in [3.8, 4) is 28.4 Å². The molecule has 5 rings (SSSR count). The molecule has 2 N–H and O–H groups in total. The summed E-state index contributed by atoms with van der Waals surface area (Å²) in [6, 6.07) is 12.4. The van der Waals surface area contributed by atoms with Crippen LogP contribution < -0.4 is 14.8 Å². The molecule has 2 heterocycles. The van der Waals surface area contributed by atoms with E-state index in [1.807, 2.05) is 12.1 Å². The lowest BCUT2D eigenvalue weighted by Gasteiger charge is -2.35. The number of hydrogen-bond acceptors (Lipinski definition) is 4.